The molecule has 78 valence electrons. The molecule has 0 radical (unpaired) electrons. The van der Waals surface area contributed by atoms with Crippen molar-refractivity contribution in [3.8, 4) is 5.75 Å². The van der Waals surface area contributed by atoms with Crippen LogP contribution in [-0.2, 0) is 6.42 Å². The van der Waals surface area contributed by atoms with Gasteiger partial charge in [-0.15, -0.1) is 0 Å². The summed E-state index contributed by atoms with van der Waals surface area (Å²) in [5.41, 5.74) is 2.19. The van der Waals surface area contributed by atoms with Gasteiger partial charge in [0.05, 0.1) is 12.6 Å². The van der Waals surface area contributed by atoms with Gasteiger partial charge in [0.2, 0.25) is 0 Å². The van der Waals surface area contributed by atoms with E-state index >= 15 is 0 Å². The summed E-state index contributed by atoms with van der Waals surface area (Å²) in [7, 11) is 1.66. The van der Waals surface area contributed by atoms with Gasteiger partial charge < -0.3 is 4.74 Å². The van der Waals surface area contributed by atoms with Crippen molar-refractivity contribution in [2.75, 3.05) is 7.11 Å². The first-order chi connectivity index (χ1) is 7.24. The summed E-state index contributed by atoms with van der Waals surface area (Å²) in [5, 5.41) is 1.15. The van der Waals surface area contributed by atoms with E-state index in [4.69, 9.17) is 4.74 Å². The van der Waals surface area contributed by atoms with Crippen molar-refractivity contribution < 1.29 is 4.74 Å². The van der Waals surface area contributed by atoms with Crippen LogP contribution in [0.2, 0.25) is 0 Å². The maximum atomic E-state index is 5.16. The monoisotopic (exact) mass is 265 g/mol. The number of pyridine rings is 1. The van der Waals surface area contributed by atoms with E-state index in [9.17, 15) is 0 Å². The number of ether oxygens (including phenoxy) is 1. The zero-order chi connectivity index (χ0) is 10.8. The van der Waals surface area contributed by atoms with Crippen LogP contribution < -0.4 is 4.74 Å². The first kappa shape index (κ1) is 10.4. The molecule has 0 fully saturated rings. The quantitative estimate of drug-likeness (QED) is 0.775. The molecular formula is C12H12BrNO. The van der Waals surface area contributed by atoms with Gasteiger partial charge in [0.25, 0.3) is 0 Å². The molecule has 0 aliphatic rings. The summed E-state index contributed by atoms with van der Waals surface area (Å²) >= 11 is 3.47. The Morgan fingerprint density at radius 1 is 1.33 bits per heavy atom. The zero-order valence-electron chi connectivity index (χ0n) is 8.75. The zero-order valence-corrected chi connectivity index (χ0v) is 10.3. The molecule has 2 aromatic rings. The first-order valence-electron chi connectivity index (χ1n) is 4.87. The molecule has 0 aliphatic heterocycles. The van der Waals surface area contributed by atoms with Crippen LogP contribution in [-0.4, -0.2) is 12.1 Å². The largest absolute Gasteiger partial charge is 0.497 e. The number of aromatic nitrogens is 1. The SMILES string of the molecule is CCc1cc2ccc(OC)cc2nc1Br. The summed E-state index contributed by atoms with van der Waals surface area (Å²) in [5.74, 6) is 0.839. The van der Waals surface area contributed by atoms with Crippen molar-refractivity contribution in [1.29, 1.82) is 0 Å². The molecule has 0 atom stereocenters. The maximum Gasteiger partial charge on any atom is 0.121 e. The fourth-order valence-electron chi connectivity index (χ4n) is 1.54. The van der Waals surface area contributed by atoms with Crippen molar-refractivity contribution in [3.05, 3.63) is 34.4 Å². The number of nitrogens with zero attached hydrogens (tertiary/aromatic N) is 1. The molecule has 2 rings (SSSR count). The molecular weight excluding hydrogens is 254 g/mol. The molecule has 0 saturated carbocycles. The molecule has 0 amide bonds. The summed E-state index contributed by atoms with van der Waals surface area (Å²) in [6.07, 6.45) is 0.982. The number of benzene rings is 1. The van der Waals surface area contributed by atoms with Gasteiger partial charge in [-0.25, -0.2) is 4.98 Å². The Morgan fingerprint density at radius 3 is 2.80 bits per heavy atom. The molecule has 3 heteroatoms. The molecule has 15 heavy (non-hydrogen) atoms. The summed E-state index contributed by atoms with van der Waals surface area (Å²) in [6.45, 7) is 2.12. The second-order valence-electron chi connectivity index (χ2n) is 3.35. The Labute approximate surface area is 97.4 Å². The Morgan fingerprint density at radius 2 is 2.13 bits per heavy atom. The van der Waals surface area contributed by atoms with Crippen molar-refractivity contribution in [2.45, 2.75) is 13.3 Å². The maximum absolute atomic E-state index is 5.16. The van der Waals surface area contributed by atoms with Crippen molar-refractivity contribution in [3.63, 3.8) is 0 Å². The third-order valence-electron chi connectivity index (χ3n) is 2.43. The molecule has 0 bridgehead atoms. The fourth-order valence-corrected chi connectivity index (χ4v) is 2.13. The van der Waals surface area contributed by atoms with Crippen LogP contribution in [0.15, 0.2) is 28.9 Å². The standard InChI is InChI=1S/C12H12BrNO/c1-3-8-6-9-4-5-10(15-2)7-11(9)14-12(8)13/h4-7H,3H2,1-2H3. The lowest BCUT2D eigenvalue weighted by molar-refractivity contribution is 0.415. The summed E-state index contributed by atoms with van der Waals surface area (Å²) in [6, 6.07) is 8.09. The number of methoxy groups -OCH3 is 1. The second kappa shape index (κ2) is 4.19. The van der Waals surface area contributed by atoms with Crippen LogP contribution in [0.4, 0.5) is 0 Å². The van der Waals surface area contributed by atoms with Crippen molar-refractivity contribution in [2.24, 2.45) is 0 Å². The van der Waals surface area contributed by atoms with Gasteiger partial charge in [-0.2, -0.15) is 0 Å². The van der Waals surface area contributed by atoms with Crippen LogP contribution >= 0.6 is 15.9 Å². The highest BCUT2D eigenvalue weighted by Gasteiger charge is 2.03. The molecule has 0 N–H and O–H groups in total. The Hall–Kier alpha value is -1.09. The van der Waals surface area contributed by atoms with Gasteiger partial charge >= 0.3 is 0 Å². The predicted molar refractivity (Wildman–Crippen MR) is 65.4 cm³/mol. The van der Waals surface area contributed by atoms with E-state index in [2.05, 4.69) is 33.9 Å². The molecule has 0 spiro atoms. The average Bonchev–Trinajstić information content (AvgIpc) is 2.27. The highest BCUT2D eigenvalue weighted by Crippen LogP contribution is 2.24. The van der Waals surface area contributed by atoms with E-state index in [-0.39, 0.29) is 0 Å². The van der Waals surface area contributed by atoms with E-state index in [0.29, 0.717) is 0 Å². The average molecular weight is 266 g/mol. The highest BCUT2D eigenvalue weighted by atomic mass is 79.9. The number of halogens is 1. The van der Waals surface area contributed by atoms with Gasteiger partial charge in [0.1, 0.15) is 10.4 Å². The molecule has 1 aromatic carbocycles. The topological polar surface area (TPSA) is 22.1 Å². The molecule has 1 aromatic heterocycles. The van der Waals surface area contributed by atoms with Gasteiger partial charge in [-0.05, 0) is 46.1 Å². The summed E-state index contributed by atoms with van der Waals surface area (Å²) < 4.78 is 6.09. The van der Waals surface area contributed by atoms with Crippen LogP contribution in [0.5, 0.6) is 5.75 Å². The van der Waals surface area contributed by atoms with E-state index in [1.54, 1.807) is 7.11 Å². The number of fused-ring (bicyclic) bond motifs is 1. The van der Waals surface area contributed by atoms with Crippen LogP contribution in [0.25, 0.3) is 10.9 Å². The minimum Gasteiger partial charge on any atom is -0.497 e. The lowest BCUT2D eigenvalue weighted by Crippen LogP contribution is -1.89. The van der Waals surface area contributed by atoms with Crippen LogP contribution in [0.1, 0.15) is 12.5 Å². The normalized spacial score (nSPS) is 10.6. The number of hydrogen-bond donors (Lipinski definition) is 0. The fraction of sp³-hybridized carbons (Fsp3) is 0.250. The van der Waals surface area contributed by atoms with E-state index in [0.717, 1.165) is 27.7 Å². The van der Waals surface area contributed by atoms with Crippen LogP contribution in [0, 0.1) is 0 Å². The molecule has 1 heterocycles. The second-order valence-corrected chi connectivity index (χ2v) is 4.10. The van der Waals surface area contributed by atoms with E-state index < -0.39 is 0 Å². The lowest BCUT2D eigenvalue weighted by atomic mass is 10.1. The van der Waals surface area contributed by atoms with Gasteiger partial charge in [-0.1, -0.05) is 6.92 Å². The lowest BCUT2D eigenvalue weighted by Gasteiger charge is -2.05. The Bertz CT molecular complexity index is 496. The molecule has 0 aliphatic carbocycles. The Balaban J connectivity index is 2.65. The summed E-state index contributed by atoms with van der Waals surface area (Å²) in [4.78, 5) is 4.49. The molecule has 2 nitrogen and oxygen atoms in total. The van der Waals surface area contributed by atoms with Crippen molar-refractivity contribution in [1.82, 2.24) is 4.98 Å². The number of hydrogen-bond acceptors (Lipinski definition) is 2. The third-order valence-corrected chi connectivity index (χ3v) is 3.12. The van der Waals surface area contributed by atoms with Crippen molar-refractivity contribution >= 4 is 26.8 Å². The third kappa shape index (κ3) is 1.97. The van der Waals surface area contributed by atoms with E-state index in [1.807, 2.05) is 18.2 Å². The smallest absolute Gasteiger partial charge is 0.121 e. The minimum absolute atomic E-state index is 0.839. The van der Waals surface area contributed by atoms with Gasteiger partial charge in [0, 0.05) is 11.5 Å². The van der Waals surface area contributed by atoms with Crippen LogP contribution in [0.3, 0.4) is 0 Å². The molecule has 0 unspecified atom stereocenters. The van der Waals surface area contributed by atoms with E-state index in [1.165, 1.54) is 5.56 Å². The number of aryl methyl sites for hydroxylation is 1. The molecule has 0 saturated heterocycles. The Kier molecular flexibility index (Phi) is 2.91. The van der Waals surface area contributed by atoms with Gasteiger partial charge in [0.15, 0.2) is 0 Å². The first-order valence-corrected chi connectivity index (χ1v) is 5.67. The van der Waals surface area contributed by atoms with Gasteiger partial charge in [-0.3, -0.25) is 0 Å². The highest BCUT2D eigenvalue weighted by molar-refractivity contribution is 9.10. The minimum atomic E-state index is 0.839. The predicted octanol–water partition coefficient (Wildman–Crippen LogP) is 3.57. The number of rotatable bonds is 2.